The van der Waals surface area contributed by atoms with Crippen LogP contribution in [-0.2, 0) is 14.3 Å². The van der Waals surface area contributed by atoms with Gasteiger partial charge in [-0.05, 0) is 136 Å². The van der Waals surface area contributed by atoms with Crippen molar-refractivity contribution in [2.75, 3.05) is 80.3 Å². The molecule has 6 heterocycles. The van der Waals surface area contributed by atoms with Gasteiger partial charge in [-0.25, -0.2) is 0 Å². The first kappa shape index (κ1) is 46.6. The molecule has 15 heteroatoms. The Morgan fingerprint density at radius 2 is 0.883 bits per heavy atom. The molecule has 0 aliphatic carbocycles. The molecule has 0 atom stereocenters. The molecule has 5 aliphatic heterocycles. The van der Waals surface area contributed by atoms with Gasteiger partial charge in [-0.15, -0.1) is 0 Å². The summed E-state index contributed by atoms with van der Waals surface area (Å²) in [6.45, 7) is 40.9. The number of nitrogens with one attached hydrogen (secondary N) is 4. The Hall–Kier alpha value is -2.85. The number of piperidine rings is 2. The van der Waals surface area contributed by atoms with Gasteiger partial charge in [-0.1, -0.05) is 0 Å². The van der Waals surface area contributed by atoms with Gasteiger partial charge in [0.2, 0.25) is 29.7 Å². The Labute approximate surface area is 362 Å². The van der Waals surface area contributed by atoms with Gasteiger partial charge in [0, 0.05) is 97.7 Å². The highest BCUT2D eigenvalue weighted by molar-refractivity contribution is 5.87. The minimum atomic E-state index is -0.678. The molecular formula is C45H82N12O3. The summed E-state index contributed by atoms with van der Waals surface area (Å²) in [7, 11) is 0. The van der Waals surface area contributed by atoms with E-state index in [9.17, 15) is 9.59 Å². The normalized spacial score (nSPS) is 27.2. The van der Waals surface area contributed by atoms with Crippen LogP contribution in [0.1, 0.15) is 136 Å². The van der Waals surface area contributed by atoms with Gasteiger partial charge in [0.1, 0.15) is 0 Å². The highest BCUT2D eigenvalue weighted by Crippen LogP contribution is 2.37. The van der Waals surface area contributed by atoms with Crippen LogP contribution in [0.5, 0.6) is 0 Å². The maximum Gasteiger partial charge on any atom is 0.242 e. The quantitative estimate of drug-likeness (QED) is 0.256. The van der Waals surface area contributed by atoms with Crippen LogP contribution in [0.3, 0.4) is 0 Å². The van der Waals surface area contributed by atoms with Crippen LogP contribution in [0.4, 0.5) is 17.8 Å². The summed E-state index contributed by atoms with van der Waals surface area (Å²) in [6, 6.07) is 0.187. The molecule has 0 saturated carbocycles. The van der Waals surface area contributed by atoms with Gasteiger partial charge in [-0.3, -0.25) is 20.2 Å². The lowest BCUT2D eigenvalue weighted by Crippen LogP contribution is -2.70. The number of ether oxygens (including phenoxy) is 1. The van der Waals surface area contributed by atoms with E-state index in [0.717, 1.165) is 25.7 Å². The highest BCUT2D eigenvalue weighted by atomic mass is 16.5. The molecule has 60 heavy (non-hydrogen) atoms. The average molecular weight is 839 g/mol. The molecule has 0 spiro atoms. The number of carbonyl (C=O) groups excluding carboxylic acids is 2. The SMILES string of the molecule is CC1(C)CC(N(CCN2CC(C)(C)NC(C)(C)C2=O)c2nc(N3CCOCC3)nc(N(CCN3CC(C)(C)NC(C)(C)C3=O)C3CC(C)(C)NC(C)(C)C3)n2)CC(C)(C)N1. The topological polar surface area (TPSA) is 146 Å². The minimum absolute atomic E-state index is 0.0937. The zero-order valence-corrected chi connectivity index (χ0v) is 40.4. The summed E-state index contributed by atoms with van der Waals surface area (Å²) in [4.78, 5) is 55.4. The van der Waals surface area contributed by atoms with Gasteiger partial charge >= 0.3 is 0 Å². The summed E-state index contributed by atoms with van der Waals surface area (Å²) in [6.07, 6.45) is 3.53. The molecule has 340 valence electrons. The lowest BCUT2D eigenvalue weighted by atomic mass is 9.79. The average Bonchev–Trinajstić information content (AvgIpc) is 3.05. The van der Waals surface area contributed by atoms with E-state index in [2.05, 4.69) is 119 Å². The van der Waals surface area contributed by atoms with E-state index in [4.69, 9.17) is 19.7 Å². The van der Waals surface area contributed by atoms with Crippen LogP contribution in [0.15, 0.2) is 0 Å². The molecule has 5 fully saturated rings. The molecule has 0 aromatic carbocycles. The summed E-state index contributed by atoms with van der Waals surface area (Å²) in [5.74, 6) is 2.14. The zero-order valence-electron chi connectivity index (χ0n) is 40.4. The lowest BCUT2D eigenvalue weighted by molar-refractivity contribution is -0.143. The molecule has 5 saturated heterocycles. The molecule has 4 N–H and O–H groups in total. The van der Waals surface area contributed by atoms with Crippen molar-refractivity contribution in [1.29, 1.82) is 0 Å². The first-order valence-electron chi connectivity index (χ1n) is 22.7. The lowest BCUT2D eigenvalue weighted by Gasteiger charge is -2.51. The standard InChI is InChI=1S/C45H82N12O3/c1-38(2)25-31(26-39(3,4)49-38)56(19-17-54-29-42(9,10)51-44(13,14)33(54)58)36-46-35(53-21-23-60-24-22-53)47-37(48-36)57(32-27-40(5,6)50-41(7,8)28-32)20-18-55-30-43(11,12)52-45(15,16)34(55)59/h31-32,49-52H,17-30H2,1-16H3. The second kappa shape index (κ2) is 16.1. The Morgan fingerprint density at radius 3 is 1.23 bits per heavy atom. The van der Waals surface area contributed by atoms with Gasteiger partial charge in [0.05, 0.1) is 24.3 Å². The number of anilines is 3. The number of aromatic nitrogens is 3. The molecule has 6 rings (SSSR count). The molecule has 5 aliphatic rings. The number of carbonyl (C=O) groups is 2. The van der Waals surface area contributed by atoms with Gasteiger partial charge < -0.3 is 39.9 Å². The van der Waals surface area contributed by atoms with Crippen molar-refractivity contribution in [3.05, 3.63) is 0 Å². The maximum atomic E-state index is 14.0. The Morgan fingerprint density at radius 1 is 0.533 bits per heavy atom. The molecule has 1 aromatic rings. The molecule has 1 aromatic heterocycles. The van der Waals surface area contributed by atoms with E-state index in [0.29, 0.717) is 83.4 Å². The fourth-order valence-corrected chi connectivity index (χ4v) is 12.0. The third kappa shape index (κ3) is 11.0. The van der Waals surface area contributed by atoms with Crippen molar-refractivity contribution < 1.29 is 14.3 Å². The van der Waals surface area contributed by atoms with E-state index in [1.54, 1.807) is 0 Å². The van der Waals surface area contributed by atoms with Gasteiger partial charge in [0.25, 0.3) is 0 Å². The summed E-state index contributed by atoms with van der Waals surface area (Å²) >= 11 is 0. The van der Waals surface area contributed by atoms with E-state index in [-0.39, 0.29) is 57.1 Å². The van der Waals surface area contributed by atoms with Crippen LogP contribution < -0.4 is 36.0 Å². The molecule has 15 nitrogen and oxygen atoms in total. The van der Waals surface area contributed by atoms with E-state index < -0.39 is 11.1 Å². The van der Waals surface area contributed by atoms with Crippen LogP contribution in [0.2, 0.25) is 0 Å². The highest BCUT2D eigenvalue weighted by Gasteiger charge is 2.47. The number of amides is 2. The summed E-state index contributed by atoms with van der Waals surface area (Å²) < 4.78 is 5.82. The molecule has 0 unspecified atom stereocenters. The van der Waals surface area contributed by atoms with Crippen molar-refractivity contribution >= 4 is 29.7 Å². The Bertz CT molecular complexity index is 1590. The fraction of sp³-hybridized carbons (Fsp3) is 0.889. The number of nitrogens with zero attached hydrogens (tertiary/aromatic N) is 8. The monoisotopic (exact) mass is 839 g/mol. The van der Waals surface area contributed by atoms with Crippen molar-refractivity contribution in [1.82, 2.24) is 46.0 Å². The first-order chi connectivity index (χ1) is 27.4. The van der Waals surface area contributed by atoms with Crippen molar-refractivity contribution in [2.45, 2.75) is 193 Å². The molecule has 0 radical (unpaired) electrons. The number of piperazine rings is 2. The van der Waals surface area contributed by atoms with Crippen LogP contribution in [-0.4, -0.2) is 159 Å². The second-order valence-electron chi connectivity index (χ2n) is 23.9. The predicted octanol–water partition coefficient (Wildman–Crippen LogP) is 3.92. The van der Waals surface area contributed by atoms with E-state index >= 15 is 0 Å². The molecule has 0 bridgehead atoms. The largest absolute Gasteiger partial charge is 0.378 e. The first-order valence-corrected chi connectivity index (χ1v) is 22.7. The Kier molecular flexibility index (Phi) is 12.5. The third-order valence-corrected chi connectivity index (χ3v) is 13.0. The molecular weight excluding hydrogens is 757 g/mol. The van der Waals surface area contributed by atoms with E-state index in [1.165, 1.54) is 0 Å². The third-order valence-electron chi connectivity index (χ3n) is 13.0. The number of hydrogen-bond donors (Lipinski definition) is 4. The second-order valence-corrected chi connectivity index (χ2v) is 23.9. The summed E-state index contributed by atoms with van der Waals surface area (Å²) in [5, 5.41) is 14.9. The number of hydrogen-bond acceptors (Lipinski definition) is 13. The number of rotatable bonds is 11. The molecule has 2 amide bonds. The predicted molar refractivity (Wildman–Crippen MR) is 242 cm³/mol. The number of morpholine rings is 1. The van der Waals surface area contributed by atoms with Crippen molar-refractivity contribution in [2.24, 2.45) is 0 Å². The van der Waals surface area contributed by atoms with Crippen LogP contribution in [0, 0.1) is 0 Å². The van der Waals surface area contributed by atoms with Crippen LogP contribution in [0.25, 0.3) is 0 Å². The van der Waals surface area contributed by atoms with Crippen LogP contribution >= 0.6 is 0 Å². The zero-order chi connectivity index (χ0) is 44.5. The van der Waals surface area contributed by atoms with Crippen molar-refractivity contribution in [3.63, 3.8) is 0 Å². The smallest absolute Gasteiger partial charge is 0.242 e. The Balaban J connectivity index is 1.47. The van der Waals surface area contributed by atoms with Gasteiger partial charge in [0.15, 0.2) is 0 Å². The maximum absolute atomic E-state index is 14.0. The van der Waals surface area contributed by atoms with Gasteiger partial charge in [-0.2, -0.15) is 15.0 Å². The van der Waals surface area contributed by atoms with Crippen molar-refractivity contribution in [3.8, 4) is 0 Å². The summed E-state index contributed by atoms with van der Waals surface area (Å²) in [5.41, 5.74) is -2.40. The minimum Gasteiger partial charge on any atom is -0.378 e. The fourth-order valence-electron chi connectivity index (χ4n) is 12.0. The van der Waals surface area contributed by atoms with E-state index in [1.807, 2.05) is 37.5 Å².